The minimum atomic E-state index is -1.58. The van der Waals surface area contributed by atoms with E-state index in [1.165, 1.54) is 0 Å². The predicted molar refractivity (Wildman–Crippen MR) is 54.9 cm³/mol. The van der Waals surface area contributed by atoms with Gasteiger partial charge in [0.25, 0.3) is 0 Å². The van der Waals surface area contributed by atoms with Crippen molar-refractivity contribution in [2.75, 3.05) is 0 Å². The van der Waals surface area contributed by atoms with Crippen LogP contribution in [0.5, 0.6) is 0 Å². The first kappa shape index (κ1) is 10.6. The molecule has 1 aromatic rings. The van der Waals surface area contributed by atoms with Gasteiger partial charge in [-0.25, -0.2) is 4.79 Å². The van der Waals surface area contributed by atoms with Gasteiger partial charge in [-0.3, -0.25) is 4.79 Å². The summed E-state index contributed by atoms with van der Waals surface area (Å²) in [5.41, 5.74) is 5.09. The molecule has 0 amide bonds. The van der Waals surface area contributed by atoms with Crippen LogP contribution in [0.25, 0.3) is 0 Å². The van der Waals surface area contributed by atoms with Gasteiger partial charge in [-0.2, -0.15) is 0 Å². The maximum Gasteiger partial charge on any atom is 0.328 e. The highest BCUT2D eigenvalue weighted by Gasteiger charge is 2.48. The van der Waals surface area contributed by atoms with Gasteiger partial charge in [-0.1, -0.05) is 24.3 Å². The summed E-state index contributed by atoms with van der Waals surface area (Å²) in [6, 6.07) is 6.54. The Morgan fingerprint density at radius 3 is 2.50 bits per heavy atom. The number of nitrogens with two attached hydrogens (primary N) is 1. The van der Waals surface area contributed by atoms with Crippen molar-refractivity contribution in [2.24, 2.45) is 5.73 Å². The van der Waals surface area contributed by atoms with Crippen LogP contribution in [0.2, 0.25) is 0 Å². The summed E-state index contributed by atoms with van der Waals surface area (Å²) < 4.78 is 0. The third kappa shape index (κ3) is 1.29. The molecule has 2 atom stereocenters. The third-order valence-electron chi connectivity index (χ3n) is 3.02. The van der Waals surface area contributed by atoms with Gasteiger partial charge in [0, 0.05) is 0 Å². The van der Waals surface area contributed by atoms with Gasteiger partial charge in [0.05, 0.1) is 5.92 Å². The maximum atomic E-state index is 11.1. The number of carboxylic acids is 2. The molecule has 0 saturated carbocycles. The highest BCUT2D eigenvalue weighted by atomic mass is 16.4. The van der Waals surface area contributed by atoms with E-state index in [1.807, 2.05) is 0 Å². The average molecular weight is 221 g/mol. The van der Waals surface area contributed by atoms with Crippen molar-refractivity contribution >= 4 is 11.9 Å². The predicted octanol–water partition coefficient (Wildman–Crippen LogP) is 0.497. The standard InChI is InChI=1S/C11H11NO4/c12-11(10(15)16)5-7(9(13)14)6-3-1-2-4-8(6)11/h1-4,7H,5,12H2,(H,13,14)(H,15,16). The molecule has 2 rings (SSSR count). The second-order valence-corrected chi connectivity index (χ2v) is 3.96. The van der Waals surface area contributed by atoms with E-state index in [0.29, 0.717) is 11.1 Å². The molecule has 0 bridgehead atoms. The molecule has 0 aromatic heterocycles. The molecule has 0 saturated heterocycles. The zero-order valence-corrected chi connectivity index (χ0v) is 8.38. The van der Waals surface area contributed by atoms with Crippen LogP contribution in [0.3, 0.4) is 0 Å². The molecule has 0 heterocycles. The Balaban J connectivity index is 2.60. The molecule has 0 aliphatic heterocycles. The summed E-state index contributed by atoms with van der Waals surface area (Å²) in [5.74, 6) is -3.07. The molecule has 84 valence electrons. The van der Waals surface area contributed by atoms with Gasteiger partial charge in [0.1, 0.15) is 5.54 Å². The summed E-state index contributed by atoms with van der Waals surface area (Å²) in [5, 5.41) is 18.1. The first-order valence-electron chi connectivity index (χ1n) is 4.81. The van der Waals surface area contributed by atoms with Gasteiger partial charge < -0.3 is 15.9 Å². The lowest BCUT2D eigenvalue weighted by Crippen LogP contribution is -2.43. The van der Waals surface area contributed by atoms with Gasteiger partial charge in [-0.15, -0.1) is 0 Å². The Labute approximate surface area is 91.5 Å². The normalized spacial score (nSPS) is 27.4. The summed E-state index contributed by atoms with van der Waals surface area (Å²) in [4.78, 5) is 22.2. The zero-order valence-electron chi connectivity index (χ0n) is 8.38. The van der Waals surface area contributed by atoms with Crippen molar-refractivity contribution in [3.63, 3.8) is 0 Å². The SMILES string of the molecule is NC1(C(=O)O)CC(C(=O)O)c2ccccc21. The van der Waals surface area contributed by atoms with E-state index in [1.54, 1.807) is 24.3 Å². The smallest absolute Gasteiger partial charge is 0.328 e. The van der Waals surface area contributed by atoms with Crippen molar-refractivity contribution in [3.05, 3.63) is 35.4 Å². The van der Waals surface area contributed by atoms with Crippen LogP contribution in [0.4, 0.5) is 0 Å². The van der Waals surface area contributed by atoms with Crippen LogP contribution >= 0.6 is 0 Å². The molecule has 0 spiro atoms. The second kappa shape index (κ2) is 3.31. The number of benzene rings is 1. The largest absolute Gasteiger partial charge is 0.481 e. The molecule has 4 N–H and O–H groups in total. The molecule has 0 radical (unpaired) electrons. The van der Waals surface area contributed by atoms with E-state index in [0.717, 1.165) is 0 Å². The van der Waals surface area contributed by atoms with Gasteiger partial charge in [-0.05, 0) is 17.5 Å². The third-order valence-corrected chi connectivity index (χ3v) is 3.02. The number of aliphatic carboxylic acids is 2. The molecule has 2 unspecified atom stereocenters. The van der Waals surface area contributed by atoms with Crippen molar-refractivity contribution < 1.29 is 19.8 Å². The van der Waals surface area contributed by atoms with E-state index in [9.17, 15) is 9.59 Å². The zero-order chi connectivity index (χ0) is 11.9. The lowest BCUT2D eigenvalue weighted by atomic mass is 9.93. The van der Waals surface area contributed by atoms with E-state index in [2.05, 4.69) is 0 Å². The Morgan fingerprint density at radius 2 is 1.94 bits per heavy atom. The van der Waals surface area contributed by atoms with E-state index in [-0.39, 0.29) is 6.42 Å². The lowest BCUT2D eigenvalue weighted by Gasteiger charge is -2.19. The molecular formula is C11H11NO4. The summed E-state index contributed by atoms with van der Waals surface area (Å²) in [6.45, 7) is 0. The summed E-state index contributed by atoms with van der Waals surface area (Å²) in [6.07, 6.45) is -0.100. The van der Waals surface area contributed by atoms with Gasteiger partial charge in [0.2, 0.25) is 0 Å². The van der Waals surface area contributed by atoms with Crippen molar-refractivity contribution in [2.45, 2.75) is 17.9 Å². The minimum absolute atomic E-state index is 0.100. The molecule has 16 heavy (non-hydrogen) atoms. The van der Waals surface area contributed by atoms with Crippen LogP contribution in [0.15, 0.2) is 24.3 Å². The lowest BCUT2D eigenvalue weighted by molar-refractivity contribution is -0.144. The minimum Gasteiger partial charge on any atom is -0.481 e. The van der Waals surface area contributed by atoms with Crippen LogP contribution in [0.1, 0.15) is 23.5 Å². The Kier molecular flexibility index (Phi) is 2.20. The molecule has 5 nitrogen and oxygen atoms in total. The Bertz CT molecular complexity index is 471. The van der Waals surface area contributed by atoms with Crippen molar-refractivity contribution in [1.82, 2.24) is 0 Å². The molecule has 1 aliphatic carbocycles. The molecular weight excluding hydrogens is 210 g/mol. The number of hydrogen-bond acceptors (Lipinski definition) is 3. The topological polar surface area (TPSA) is 101 Å². The number of fused-ring (bicyclic) bond motifs is 1. The quantitative estimate of drug-likeness (QED) is 0.675. The fraction of sp³-hybridized carbons (Fsp3) is 0.273. The Morgan fingerprint density at radius 1 is 1.31 bits per heavy atom. The van der Waals surface area contributed by atoms with Crippen LogP contribution in [-0.4, -0.2) is 22.2 Å². The van der Waals surface area contributed by atoms with Gasteiger partial charge in [0.15, 0.2) is 0 Å². The highest BCUT2D eigenvalue weighted by Crippen LogP contribution is 2.43. The summed E-state index contributed by atoms with van der Waals surface area (Å²) >= 11 is 0. The fourth-order valence-corrected chi connectivity index (χ4v) is 2.17. The summed E-state index contributed by atoms with van der Waals surface area (Å²) in [7, 11) is 0. The van der Waals surface area contributed by atoms with Crippen molar-refractivity contribution in [3.8, 4) is 0 Å². The maximum absolute atomic E-state index is 11.1. The van der Waals surface area contributed by atoms with E-state index < -0.39 is 23.4 Å². The fourth-order valence-electron chi connectivity index (χ4n) is 2.17. The molecule has 1 aliphatic rings. The van der Waals surface area contributed by atoms with Crippen LogP contribution in [0, 0.1) is 0 Å². The highest BCUT2D eigenvalue weighted by molar-refractivity contribution is 5.88. The van der Waals surface area contributed by atoms with Gasteiger partial charge >= 0.3 is 11.9 Å². The number of rotatable bonds is 2. The van der Waals surface area contributed by atoms with Crippen LogP contribution < -0.4 is 5.73 Å². The monoisotopic (exact) mass is 221 g/mol. The number of hydrogen-bond donors (Lipinski definition) is 3. The molecule has 5 heteroatoms. The first-order chi connectivity index (χ1) is 7.47. The number of carboxylic acid groups (broad SMARTS) is 2. The Hall–Kier alpha value is -1.88. The second-order valence-electron chi connectivity index (χ2n) is 3.96. The van der Waals surface area contributed by atoms with Crippen LogP contribution in [-0.2, 0) is 15.1 Å². The van der Waals surface area contributed by atoms with Crippen molar-refractivity contribution in [1.29, 1.82) is 0 Å². The van der Waals surface area contributed by atoms with E-state index >= 15 is 0 Å². The van der Waals surface area contributed by atoms with E-state index in [4.69, 9.17) is 15.9 Å². The average Bonchev–Trinajstić information content (AvgIpc) is 2.55. The molecule has 1 aromatic carbocycles. The first-order valence-corrected chi connectivity index (χ1v) is 4.81. The number of carbonyl (C=O) groups is 2. The molecule has 0 fully saturated rings.